The van der Waals surface area contributed by atoms with Crippen molar-refractivity contribution >= 4 is 21.6 Å². The summed E-state index contributed by atoms with van der Waals surface area (Å²) in [6, 6.07) is 0.472. The summed E-state index contributed by atoms with van der Waals surface area (Å²) in [7, 11) is 1.66. The molecule has 0 amide bonds. The van der Waals surface area contributed by atoms with Crippen LogP contribution in [0, 0.1) is 0 Å². The number of hydrogen-bond donors (Lipinski definition) is 1. The normalized spacial score (nSPS) is 15.7. The summed E-state index contributed by atoms with van der Waals surface area (Å²) in [5.74, 6) is 0. The Balaban J connectivity index is 2.35. The highest BCUT2D eigenvalue weighted by Crippen LogP contribution is 2.24. The molecule has 0 radical (unpaired) electrons. The Bertz CT molecular complexity index is 455. The van der Waals surface area contributed by atoms with E-state index in [2.05, 4.69) is 38.2 Å². The first-order chi connectivity index (χ1) is 8.15. The molecule has 6 heteroatoms. The van der Waals surface area contributed by atoms with Crippen LogP contribution in [-0.4, -0.2) is 35.5 Å². The molecule has 1 aromatic heterocycles. The number of nitrogens with zero attached hydrogens (tertiary/aromatic N) is 3. The molecule has 1 fully saturated rings. The zero-order chi connectivity index (χ0) is 12.4. The van der Waals surface area contributed by atoms with Gasteiger partial charge in [-0.05, 0) is 22.4 Å². The van der Waals surface area contributed by atoms with E-state index in [1.165, 1.54) is 4.68 Å². The van der Waals surface area contributed by atoms with E-state index in [0.717, 1.165) is 31.7 Å². The summed E-state index contributed by atoms with van der Waals surface area (Å²) in [4.78, 5) is 14.1. The van der Waals surface area contributed by atoms with Crippen LogP contribution >= 0.6 is 15.9 Å². The standard InChI is InChI=1S/C11H17BrN4O/c1-3-4-16(8-5-13-6-8)9-7-14-15(2)11(17)10(9)12/h7-8,13H,3-6H2,1-2H3. The van der Waals surface area contributed by atoms with Crippen LogP contribution in [0.2, 0.25) is 0 Å². The Hall–Kier alpha value is -0.880. The third-order valence-electron chi connectivity index (χ3n) is 3.03. The Morgan fingerprint density at radius 1 is 1.65 bits per heavy atom. The molecule has 0 saturated carbocycles. The van der Waals surface area contributed by atoms with E-state index in [9.17, 15) is 4.79 Å². The van der Waals surface area contributed by atoms with Crippen LogP contribution < -0.4 is 15.8 Å². The van der Waals surface area contributed by atoms with E-state index in [-0.39, 0.29) is 5.56 Å². The van der Waals surface area contributed by atoms with Gasteiger partial charge in [0.2, 0.25) is 0 Å². The number of nitrogens with one attached hydrogen (secondary N) is 1. The van der Waals surface area contributed by atoms with Crippen molar-refractivity contribution in [2.24, 2.45) is 7.05 Å². The molecule has 2 rings (SSSR count). The Morgan fingerprint density at radius 2 is 2.35 bits per heavy atom. The summed E-state index contributed by atoms with van der Waals surface area (Å²) >= 11 is 3.39. The second-order valence-electron chi connectivity index (χ2n) is 4.28. The maximum atomic E-state index is 11.8. The largest absolute Gasteiger partial charge is 0.364 e. The Kier molecular flexibility index (Phi) is 3.83. The maximum Gasteiger partial charge on any atom is 0.282 e. The van der Waals surface area contributed by atoms with Crippen molar-refractivity contribution in [2.75, 3.05) is 24.5 Å². The molecule has 0 unspecified atom stereocenters. The van der Waals surface area contributed by atoms with Crippen LogP contribution in [0.15, 0.2) is 15.5 Å². The van der Waals surface area contributed by atoms with Gasteiger partial charge in [-0.1, -0.05) is 6.92 Å². The van der Waals surface area contributed by atoms with Crippen LogP contribution in [0.1, 0.15) is 13.3 Å². The first kappa shape index (κ1) is 12.6. The van der Waals surface area contributed by atoms with Crippen LogP contribution in [0.5, 0.6) is 0 Å². The van der Waals surface area contributed by atoms with Gasteiger partial charge in [-0.3, -0.25) is 4.79 Å². The van der Waals surface area contributed by atoms with E-state index in [1.807, 2.05) is 0 Å². The molecule has 1 aliphatic heterocycles. The van der Waals surface area contributed by atoms with Crippen LogP contribution in [-0.2, 0) is 7.05 Å². The minimum Gasteiger partial charge on any atom is -0.364 e. The predicted octanol–water partition coefficient (Wildman–Crippen LogP) is 0.731. The van der Waals surface area contributed by atoms with E-state index < -0.39 is 0 Å². The zero-order valence-electron chi connectivity index (χ0n) is 10.1. The van der Waals surface area contributed by atoms with Crippen molar-refractivity contribution in [1.82, 2.24) is 15.1 Å². The summed E-state index contributed by atoms with van der Waals surface area (Å²) in [6.45, 7) is 5.03. The van der Waals surface area contributed by atoms with E-state index in [0.29, 0.717) is 10.5 Å². The smallest absolute Gasteiger partial charge is 0.282 e. The second-order valence-corrected chi connectivity index (χ2v) is 5.07. The number of rotatable bonds is 4. The third kappa shape index (κ3) is 2.37. The Morgan fingerprint density at radius 3 is 2.88 bits per heavy atom. The highest BCUT2D eigenvalue weighted by molar-refractivity contribution is 9.10. The number of aromatic nitrogens is 2. The van der Waals surface area contributed by atoms with E-state index >= 15 is 0 Å². The van der Waals surface area contributed by atoms with Crippen molar-refractivity contribution in [3.05, 3.63) is 21.0 Å². The molecule has 2 heterocycles. The molecular formula is C11H17BrN4O. The molecule has 1 aromatic rings. The molecule has 0 aliphatic carbocycles. The number of halogens is 1. The molecular weight excluding hydrogens is 284 g/mol. The minimum absolute atomic E-state index is 0.0871. The predicted molar refractivity (Wildman–Crippen MR) is 71.5 cm³/mol. The monoisotopic (exact) mass is 300 g/mol. The number of hydrogen-bond acceptors (Lipinski definition) is 4. The van der Waals surface area contributed by atoms with Crippen molar-refractivity contribution < 1.29 is 0 Å². The zero-order valence-corrected chi connectivity index (χ0v) is 11.7. The summed E-state index contributed by atoms with van der Waals surface area (Å²) < 4.78 is 1.95. The fraction of sp³-hybridized carbons (Fsp3) is 0.636. The summed E-state index contributed by atoms with van der Waals surface area (Å²) in [6.07, 6.45) is 2.82. The average molecular weight is 301 g/mol. The highest BCUT2D eigenvalue weighted by Gasteiger charge is 2.26. The molecule has 5 nitrogen and oxygen atoms in total. The number of aryl methyl sites for hydroxylation is 1. The fourth-order valence-corrected chi connectivity index (χ4v) is 2.52. The summed E-state index contributed by atoms with van der Waals surface area (Å²) in [5.41, 5.74) is 0.817. The molecule has 17 heavy (non-hydrogen) atoms. The van der Waals surface area contributed by atoms with E-state index in [4.69, 9.17) is 0 Å². The molecule has 0 aromatic carbocycles. The van der Waals surface area contributed by atoms with Crippen molar-refractivity contribution in [3.8, 4) is 0 Å². The van der Waals surface area contributed by atoms with E-state index in [1.54, 1.807) is 13.2 Å². The highest BCUT2D eigenvalue weighted by atomic mass is 79.9. The first-order valence-corrected chi connectivity index (χ1v) is 6.63. The fourth-order valence-electron chi connectivity index (χ4n) is 1.94. The van der Waals surface area contributed by atoms with Gasteiger partial charge in [0.05, 0.1) is 17.9 Å². The van der Waals surface area contributed by atoms with Gasteiger partial charge in [-0.2, -0.15) is 5.10 Å². The number of anilines is 1. The molecule has 0 atom stereocenters. The molecule has 0 bridgehead atoms. The van der Waals surface area contributed by atoms with Crippen molar-refractivity contribution in [2.45, 2.75) is 19.4 Å². The molecule has 1 N–H and O–H groups in total. The van der Waals surface area contributed by atoms with Crippen molar-refractivity contribution in [3.63, 3.8) is 0 Å². The topological polar surface area (TPSA) is 50.2 Å². The van der Waals surface area contributed by atoms with Crippen LogP contribution in [0.25, 0.3) is 0 Å². The molecule has 1 saturated heterocycles. The molecule has 0 spiro atoms. The SMILES string of the molecule is CCCN(c1cnn(C)c(=O)c1Br)C1CNC1. The third-order valence-corrected chi connectivity index (χ3v) is 3.78. The van der Waals surface area contributed by atoms with Gasteiger partial charge in [0, 0.05) is 26.7 Å². The lowest BCUT2D eigenvalue weighted by Gasteiger charge is -2.39. The summed E-state index contributed by atoms with van der Waals surface area (Å²) in [5, 5.41) is 7.35. The van der Waals surface area contributed by atoms with Crippen LogP contribution in [0.3, 0.4) is 0 Å². The van der Waals surface area contributed by atoms with Gasteiger partial charge < -0.3 is 10.2 Å². The molecule has 1 aliphatic rings. The van der Waals surface area contributed by atoms with Crippen molar-refractivity contribution in [1.29, 1.82) is 0 Å². The lowest BCUT2D eigenvalue weighted by atomic mass is 10.1. The van der Waals surface area contributed by atoms with Crippen LogP contribution in [0.4, 0.5) is 5.69 Å². The van der Waals surface area contributed by atoms with Gasteiger partial charge in [-0.25, -0.2) is 4.68 Å². The quantitative estimate of drug-likeness (QED) is 0.891. The first-order valence-electron chi connectivity index (χ1n) is 5.84. The Labute approximate surface area is 109 Å². The second kappa shape index (κ2) is 5.18. The molecule has 94 valence electrons. The maximum absolute atomic E-state index is 11.8. The van der Waals surface area contributed by atoms with Gasteiger partial charge in [0.25, 0.3) is 5.56 Å². The lowest BCUT2D eigenvalue weighted by Crippen LogP contribution is -2.58. The average Bonchev–Trinajstić information content (AvgIpc) is 2.23. The van der Waals surface area contributed by atoms with Gasteiger partial charge in [-0.15, -0.1) is 0 Å². The lowest BCUT2D eigenvalue weighted by molar-refractivity contribution is 0.411. The minimum atomic E-state index is -0.0871. The van der Waals surface area contributed by atoms with Gasteiger partial charge in [0.15, 0.2) is 0 Å². The van der Waals surface area contributed by atoms with Gasteiger partial charge in [0.1, 0.15) is 4.47 Å². The van der Waals surface area contributed by atoms with Gasteiger partial charge >= 0.3 is 0 Å².